The molecule has 302 valence electrons. The lowest BCUT2D eigenvalue weighted by Crippen LogP contribution is -2.01. The monoisotopic (exact) mass is 824 g/mol. The Balaban J connectivity index is 0.923. The summed E-state index contributed by atoms with van der Waals surface area (Å²) >= 11 is 0. The largest absolute Gasteiger partial charge is 0.457 e. The number of rotatable bonds is 9. The third-order valence-electron chi connectivity index (χ3n) is 11.6. The lowest BCUT2D eigenvalue weighted by atomic mass is 10.1. The number of aromatic nitrogens is 6. The SMILES string of the molecule is c1ccc(-c2cccc(Oc3ccc4c5ccc(Oc6cccc(-c7ccccn7)c6)cc5n(-c5ncc(-c6ccc(-n7c8ccccc8c8ccccc87)cc6)cn5)c4c3)c2)nc1. The fourth-order valence-corrected chi connectivity index (χ4v) is 8.69. The Hall–Kier alpha value is -8.88. The quantitative estimate of drug-likeness (QED) is 0.144. The minimum Gasteiger partial charge on any atom is -0.457 e. The van der Waals surface area contributed by atoms with E-state index >= 15 is 0 Å². The topological polar surface area (TPSA) is 79.9 Å². The molecular formula is C56H36N6O2. The van der Waals surface area contributed by atoms with Gasteiger partial charge in [0, 0.05) is 80.8 Å². The Kier molecular flexibility index (Phi) is 8.97. The lowest BCUT2D eigenvalue weighted by Gasteiger charge is -2.11. The highest BCUT2D eigenvalue weighted by atomic mass is 16.5. The normalized spacial score (nSPS) is 11.4. The second-order valence-electron chi connectivity index (χ2n) is 15.6. The number of ether oxygens (including phenoxy) is 2. The van der Waals surface area contributed by atoms with Crippen LogP contribution in [0.15, 0.2) is 219 Å². The van der Waals surface area contributed by atoms with Gasteiger partial charge in [-0.3, -0.25) is 14.5 Å². The van der Waals surface area contributed by atoms with Crippen molar-refractivity contribution >= 4 is 43.6 Å². The van der Waals surface area contributed by atoms with Crippen molar-refractivity contribution in [2.45, 2.75) is 0 Å². The first-order valence-corrected chi connectivity index (χ1v) is 21.1. The molecule has 0 radical (unpaired) electrons. The predicted molar refractivity (Wildman–Crippen MR) is 256 cm³/mol. The highest BCUT2D eigenvalue weighted by Crippen LogP contribution is 2.39. The smallest absolute Gasteiger partial charge is 0.234 e. The molecule has 64 heavy (non-hydrogen) atoms. The Morgan fingerprint density at radius 2 is 0.797 bits per heavy atom. The van der Waals surface area contributed by atoms with Crippen LogP contribution in [0.1, 0.15) is 0 Å². The summed E-state index contributed by atoms with van der Waals surface area (Å²) in [5, 5.41) is 4.53. The molecule has 5 aromatic heterocycles. The second kappa shape index (κ2) is 15.5. The summed E-state index contributed by atoms with van der Waals surface area (Å²) in [6.07, 6.45) is 7.37. The summed E-state index contributed by atoms with van der Waals surface area (Å²) < 4.78 is 17.5. The van der Waals surface area contributed by atoms with E-state index in [0.717, 1.165) is 61.1 Å². The van der Waals surface area contributed by atoms with Crippen molar-refractivity contribution in [1.29, 1.82) is 0 Å². The van der Waals surface area contributed by atoms with Crippen LogP contribution in [-0.2, 0) is 0 Å². The molecule has 0 unspecified atom stereocenters. The van der Waals surface area contributed by atoms with Gasteiger partial charge in [0.1, 0.15) is 23.0 Å². The molecule has 7 aromatic carbocycles. The molecule has 0 aliphatic carbocycles. The lowest BCUT2D eigenvalue weighted by molar-refractivity contribution is 0.483. The van der Waals surface area contributed by atoms with Crippen LogP contribution in [0, 0.1) is 0 Å². The van der Waals surface area contributed by atoms with Gasteiger partial charge >= 0.3 is 0 Å². The van der Waals surface area contributed by atoms with E-state index < -0.39 is 0 Å². The van der Waals surface area contributed by atoms with E-state index in [1.165, 1.54) is 21.8 Å². The van der Waals surface area contributed by atoms with E-state index in [9.17, 15) is 0 Å². The van der Waals surface area contributed by atoms with Gasteiger partial charge in [-0.1, -0.05) is 84.9 Å². The first-order chi connectivity index (χ1) is 31.7. The Morgan fingerprint density at radius 3 is 1.31 bits per heavy atom. The van der Waals surface area contributed by atoms with E-state index in [0.29, 0.717) is 28.9 Å². The molecule has 0 aliphatic heterocycles. The fourth-order valence-electron chi connectivity index (χ4n) is 8.69. The van der Waals surface area contributed by atoms with Gasteiger partial charge in [0.2, 0.25) is 5.95 Å². The van der Waals surface area contributed by atoms with Gasteiger partial charge in [-0.25, -0.2) is 9.97 Å². The summed E-state index contributed by atoms with van der Waals surface area (Å²) in [4.78, 5) is 19.1. The van der Waals surface area contributed by atoms with E-state index in [-0.39, 0.29) is 0 Å². The second-order valence-corrected chi connectivity index (χ2v) is 15.6. The zero-order valence-corrected chi connectivity index (χ0v) is 34.3. The van der Waals surface area contributed by atoms with Crippen LogP contribution in [-0.4, -0.2) is 29.1 Å². The maximum atomic E-state index is 6.53. The molecule has 0 saturated heterocycles. The first kappa shape index (κ1) is 36.9. The molecule has 8 nitrogen and oxygen atoms in total. The average molecular weight is 825 g/mol. The zero-order valence-electron chi connectivity index (χ0n) is 34.3. The van der Waals surface area contributed by atoms with Gasteiger partial charge in [-0.2, -0.15) is 0 Å². The third kappa shape index (κ3) is 6.67. The molecule has 0 amide bonds. The number of pyridine rings is 2. The molecule has 12 aromatic rings. The Bertz CT molecular complexity index is 3460. The van der Waals surface area contributed by atoms with Gasteiger partial charge < -0.3 is 14.0 Å². The summed E-state index contributed by atoms with van der Waals surface area (Å²) in [6, 6.07) is 65.7. The van der Waals surface area contributed by atoms with Crippen LogP contribution in [0.3, 0.4) is 0 Å². The molecule has 0 atom stereocenters. The van der Waals surface area contributed by atoms with Crippen molar-refractivity contribution in [1.82, 2.24) is 29.1 Å². The molecule has 12 rings (SSSR count). The van der Waals surface area contributed by atoms with Gasteiger partial charge in [0.05, 0.1) is 33.5 Å². The van der Waals surface area contributed by atoms with Crippen molar-refractivity contribution in [2.24, 2.45) is 0 Å². The standard InChI is InChI=1S/C56H36N6O2/c1-3-19-52-46(15-1)47-16-2-4-20-53(47)61(52)41-23-21-37(22-24-41)40-35-59-56(60-36-40)62-54-33-44(63-42-13-9-11-38(31-42)50-17-5-7-29-57-50)25-27-48(54)49-28-26-45(34-55(49)62)64-43-14-10-12-39(32-43)51-18-6-8-30-58-51/h1-36H. The minimum absolute atomic E-state index is 0.522. The zero-order chi connectivity index (χ0) is 42.4. The highest BCUT2D eigenvalue weighted by molar-refractivity contribution is 6.10. The van der Waals surface area contributed by atoms with Crippen LogP contribution >= 0.6 is 0 Å². The molecule has 0 spiro atoms. The van der Waals surface area contributed by atoms with Crippen molar-refractivity contribution < 1.29 is 9.47 Å². The maximum Gasteiger partial charge on any atom is 0.234 e. The first-order valence-electron chi connectivity index (χ1n) is 21.1. The van der Waals surface area contributed by atoms with E-state index in [1.807, 2.05) is 122 Å². The van der Waals surface area contributed by atoms with Crippen LogP contribution in [0.25, 0.3) is 88.9 Å². The number of hydrogen-bond donors (Lipinski definition) is 0. The maximum absolute atomic E-state index is 6.53. The van der Waals surface area contributed by atoms with Crippen LogP contribution < -0.4 is 9.47 Å². The molecule has 0 fully saturated rings. The highest BCUT2D eigenvalue weighted by Gasteiger charge is 2.18. The van der Waals surface area contributed by atoms with Crippen LogP contribution in [0.2, 0.25) is 0 Å². The van der Waals surface area contributed by atoms with Crippen LogP contribution in [0.4, 0.5) is 0 Å². The molecule has 0 aliphatic rings. The predicted octanol–water partition coefficient (Wildman–Crippen LogP) is 14.0. The van der Waals surface area contributed by atoms with Gasteiger partial charge in [-0.05, 0) is 103 Å². The average Bonchev–Trinajstić information content (AvgIpc) is 3.87. The molecule has 0 bridgehead atoms. The Morgan fingerprint density at radius 1 is 0.312 bits per heavy atom. The molecule has 8 heteroatoms. The van der Waals surface area contributed by atoms with Crippen molar-refractivity contribution in [3.63, 3.8) is 0 Å². The Labute approximate surface area is 368 Å². The fraction of sp³-hybridized carbons (Fsp3) is 0. The van der Waals surface area contributed by atoms with E-state index in [4.69, 9.17) is 19.4 Å². The van der Waals surface area contributed by atoms with Gasteiger partial charge in [0.25, 0.3) is 0 Å². The number of para-hydroxylation sites is 2. The summed E-state index contributed by atoms with van der Waals surface area (Å²) in [6.45, 7) is 0. The van der Waals surface area contributed by atoms with Crippen molar-refractivity contribution in [3.05, 3.63) is 219 Å². The summed E-state index contributed by atoms with van der Waals surface area (Å²) in [7, 11) is 0. The number of benzene rings is 7. The molecule has 5 heterocycles. The summed E-state index contributed by atoms with van der Waals surface area (Å²) in [5.41, 5.74) is 10.9. The van der Waals surface area contributed by atoms with Crippen molar-refractivity contribution in [3.8, 4) is 68.3 Å². The number of fused-ring (bicyclic) bond motifs is 6. The van der Waals surface area contributed by atoms with E-state index in [2.05, 4.69) is 104 Å². The third-order valence-corrected chi connectivity index (χ3v) is 11.6. The van der Waals surface area contributed by atoms with Gasteiger partial charge in [0.15, 0.2) is 0 Å². The molecule has 0 saturated carbocycles. The minimum atomic E-state index is 0.522. The molecular weight excluding hydrogens is 789 g/mol. The number of hydrogen-bond acceptors (Lipinski definition) is 6. The van der Waals surface area contributed by atoms with E-state index in [1.54, 1.807) is 12.4 Å². The van der Waals surface area contributed by atoms with Crippen LogP contribution in [0.5, 0.6) is 23.0 Å². The molecule has 0 N–H and O–H groups in total. The number of nitrogens with zero attached hydrogens (tertiary/aromatic N) is 6. The van der Waals surface area contributed by atoms with Crippen molar-refractivity contribution in [2.75, 3.05) is 0 Å². The van der Waals surface area contributed by atoms with Gasteiger partial charge in [-0.15, -0.1) is 0 Å². The summed E-state index contributed by atoms with van der Waals surface area (Å²) in [5.74, 6) is 3.29.